The van der Waals surface area contributed by atoms with Crippen LogP contribution >= 0.6 is 0 Å². The maximum atomic E-state index is 12.9. The maximum Gasteiger partial charge on any atom is 0.419 e. The third kappa shape index (κ3) is 6.67. The molecule has 12 heteroatoms. The van der Waals surface area contributed by atoms with Crippen LogP contribution in [0.5, 0.6) is 0 Å². The number of aromatic nitrogens is 1. The van der Waals surface area contributed by atoms with Crippen molar-refractivity contribution < 1.29 is 33.8 Å². The molecular weight excluding hydrogens is 458 g/mol. The molecule has 0 unspecified atom stereocenters. The minimum Gasteiger partial charge on any atom is -0.426 e. The van der Waals surface area contributed by atoms with Crippen LogP contribution in [0.15, 0.2) is 24.4 Å². The van der Waals surface area contributed by atoms with Gasteiger partial charge in [0.2, 0.25) is 6.79 Å². The average Bonchev–Trinajstić information content (AvgIpc) is 3.22. The van der Waals surface area contributed by atoms with Crippen LogP contribution in [0.25, 0.3) is 0 Å². The molecule has 0 aliphatic heterocycles. The predicted octanol–water partition coefficient (Wildman–Crippen LogP) is 1.91. The van der Waals surface area contributed by atoms with Gasteiger partial charge in [-0.1, -0.05) is 6.07 Å². The molecule has 35 heavy (non-hydrogen) atoms. The van der Waals surface area contributed by atoms with Crippen molar-refractivity contribution in [3.8, 4) is 0 Å². The third-order valence-corrected chi connectivity index (χ3v) is 5.03. The number of esters is 1. The molecule has 2 rings (SSSR count). The molecule has 1 heterocycles. The van der Waals surface area contributed by atoms with Gasteiger partial charge in [0.1, 0.15) is 12.4 Å². The van der Waals surface area contributed by atoms with Gasteiger partial charge in [-0.25, -0.2) is 14.5 Å². The second kappa shape index (κ2) is 12.3. The van der Waals surface area contributed by atoms with Crippen LogP contribution in [0.4, 0.5) is 10.5 Å². The van der Waals surface area contributed by atoms with Crippen molar-refractivity contribution >= 4 is 35.4 Å². The minimum absolute atomic E-state index is 0.0109. The zero-order chi connectivity index (χ0) is 26.1. The molecule has 12 nitrogen and oxygen atoms in total. The number of carbonyl (C=O) groups excluding carboxylic acids is 4. The third-order valence-electron chi connectivity index (χ3n) is 5.03. The number of aliphatic hydroxyl groups is 1. The van der Waals surface area contributed by atoms with E-state index in [9.17, 15) is 19.2 Å². The fourth-order valence-electron chi connectivity index (χ4n) is 3.11. The maximum absolute atomic E-state index is 12.9. The number of amides is 3. The van der Waals surface area contributed by atoms with E-state index >= 15 is 0 Å². The van der Waals surface area contributed by atoms with E-state index in [-0.39, 0.29) is 23.9 Å². The number of H-pyrrole nitrogens is 1. The molecule has 0 radical (unpaired) electrons. The van der Waals surface area contributed by atoms with Crippen molar-refractivity contribution in [2.24, 2.45) is 0 Å². The second-order valence-corrected chi connectivity index (χ2v) is 7.34. The first-order chi connectivity index (χ1) is 16.6. The van der Waals surface area contributed by atoms with Crippen LogP contribution in [0.2, 0.25) is 0 Å². The summed E-state index contributed by atoms with van der Waals surface area (Å²) in [6, 6.07) is 4.69. The average molecular weight is 488 g/mol. The van der Waals surface area contributed by atoms with E-state index in [4.69, 9.17) is 15.3 Å². The summed E-state index contributed by atoms with van der Waals surface area (Å²) < 4.78 is 9.23. The number of imide groups is 1. The lowest BCUT2D eigenvalue weighted by Crippen LogP contribution is -2.37. The zero-order valence-electron chi connectivity index (χ0n) is 20.0. The lowest BCUT2D eigenvalue weighted by molar-refractivity contribution is -0.155. The number of hydrogen-bond acceptors (Lipinski definition) is 8. The van der Waals surface area contributed by atoms with Crippen molar-refractivity contribution in [2.75, 3.05) is 31.8 Å². The Balaban J connectivity index is 2.18. The normalized spacial score (nSPS) is 10.3. The van der Waals surface area contributed by atoms with E-state index in [0.717, 1.165) is 10.5 Å². The molecule has 1 aromatic carbocycles. The number of nitrogens with zero attached hydrogens (tertiary/aromatic N) is 1. The second-order valence-electron chi connectivity index (χ2n) is 7.34. The van der Waals surface area contributed by atoms with Crippen LogP contribution in [0.3, 0.4) is 0 Å². The molecule has 5 N–H and O–H groups in total. The molecule has 3 amide bonds. The number of amidine groups is 1. The van der Waals surface area contributed by atoms with Crippen molar-refractivity contribution in [3.63, 3.8) is 0 Å². The fourth-order valence-corrected chi connectivity index (χ4v) is 3.11. The predicted molar refractivity (Wildman–Crippen MR) is 126 cm³/mol. The number of benzene rings is 1. The van der Waals surface area contributed by atoms with E-state index in [1.165, 1.54) is 18.3 Å². The number of hydrogen-bond donors (Lipinski definition) is 5. The lowest BCUT2D eigenvalue weighted by atomic mass is 10.1. The largest absolute Gasteiger partial charge is 0.426 e. The van der Waals surface area contributed by atoms with Crippen LogP contribution in [-0.4, -0.2) is 71.2 Å². The van der Waals surface area contributed by atoms with Gasteiger partial charge >= 0.3 is 12.1 Å². The van der Waals surface area contributed by atoms with Crippen molar-refractivity contribution in [3.05, 3.63) is 52.3 Å². The van der Waals surface area contributed by atoms with Gasteiger partial charge in [-0.2, -0.15) is 0 Å². The lowest BCUT2D eigenvalue weighted by Gasteiger charge is -2.19. The molecule has 0 spiro atoms. The highest BCUT2D eigenvalue weighted by atomic mass is 16.7. The first-order valence-electron chi connectivity index (χ1n) is 10.8. The number of rotatable bonds is 9. The van der Waals surface area contributed by atoms with E-state index < -0.39 is 31.4 Å². The summed E-state index contributed by atoms with van der Waals surface area (Å²) in [5.41, 5.74) is 2.79. The zero-order valence-corrected chi connectivity index (χ0v) is 20.0. The fraction of sp³-hybridized carbons (Fsp3) is 0.348. The Morgan fingerprint density at radius 3 is 2.49 bits per heavy atom. The molecule has 0 atom stereocenters. The van der Waals surface area contributed by atoms with Crippen LogP contribution in [0, 0.1) is 19.3 Å². The van der Waals surface area contributed by atoms with Crippen molar-refractivity contribution in [1.29, 1.82) is 5.41 Å². The standard InChI is InChI=1S/C23H29N5O7/c1-5-25-21(31)16-10-26-19(14(16)4)20(24)27-17-9-15(8-7-13(17)3)22(32)28(6-2)23(33)35-12-34-18(30)11-29/h7-10,26,29H,5-6,11-12H2,1-4H3,(H2,24,27)(H,25,31). The number of aryl methyl sites for hydroxylation is 1. The van der Waals surface area contributed by atoms with Gasteiger partial charge in [0, 0.05) is 30.5 Å². The van der Waals surface area contributed by atoms with Gasteiger partial charge in [-0.15, -0.1) is 0 Å². The van der Waals surface area contributed by atoms with Crippen LogP contribution in [-0.2, 0) is 14.3 Å². The Bertz CT molecular complexity index is 1130. The van der Waals surface area contributed by atoms with E-state index in [1.54, 1.807) is 26.8 Å². The summed E-state index contributed by atoms with van der Waals surface area (Å²) in [7, 11) is 0. The van der Waals surface area contributed by atoms with Gasteiger partial charge < -0.3 is 30.2 Å². The first kappa shape index (κ1) is 27.1. The Labute approximate surface area is 202 Å². The van der Waals surface area contributed by atoms with E-state index in [0.29, 0.717) is 29.1 Å². The highest BCUT2D eigenvalue weighted by Crippen LogP contribution is 2.21. The van der Waals surface area contributed by atoms with E-state index in [1.807, 2.05) is 6.92 Å². The summed E-state index contributed by atoms with van der Waals surface area (Å²) in [4.78, 5) is 52.0. The number of carbonyl (C=O) groups is 4. The Kier molecular flexibility index (Phi) is 9.53. The molecule has 0 fully saturated rings. The summed E-state index contributed by atoms with van der Waals surface area (Å²) in [5.74, 6) is -1.89. The number of aliphatic hydroxyl groups excluding tert-OH is 1. The van der Waals surface area contributed by atoms with Crippen LogP contribution < -0.4 is 10.6 Å². The van der Waals surface area contributed by atoms with Crippen LogP contribution in [0.1, 0.15) is 51.4 Å². The topological polar surface area (TPSA) is 174 Å². The first-order valence-corrected chi connectivity index (χ1v) is 10.8. The summed E-state index contributed by atoms with van der Waals surface area (Å²) in [6.45, 7) is 5.75. The number of nitrogens with one attached hydrogen (secondary N) is 4. The summed E-state index contributed by atoms with van der Waals surface area (Å²) in [6.07, 6.45) is 0.507. The smallest absolute Gasteiger partial charge is 0.419 e. The molecule has 0 aliphatic rings. The molecule has 2 aromatic rings. The summed E-state index contributed by atoms with van der Waals surface area (Å²) in [5, 5.41) is 22.7. The number of anilines is 1. The molecular formula is C23H29N5O7. The van der Waals surface area contributed by atoms with Crippen molar-refractivity contribution in [1.82, 2.24) is 15.2 Å². The molecule has 0 aliphatic carbocycles. The molecule has 0 saturated carbocycles. The van der Waals surface area contributed by atoms with Crippen molar-refractivity contribution in [2.45, 2.75) is 27.7 Å². The summed E-state index contributed by atoms with van der Waals surface area (Å²) >= 11 is 0. The monoisotopic (exact) mass is 487 g/mol. The van der Waals surface area contributed by atoms with Gasteiger partial charge in [0.15, 0.2) is 0 Å². The van der Waals surface area contributed by atoms with Gasteiger partial charge in [0.25, 0.3) is 11.8 Å². The number of aromatic amines is 1. The highest BCUT2D eigenvalue weighted by Gasteiger charge is 2.24. The molecule has 188 valence electrons. The van der Waals surface area contributed by atoms with Gasteiger partial charge in [-0.05, 0) is 51.0 Å². The SMILES string of the molecule is CCNC(=O)c1c[nH]c(C(=N)Nc2cc(C(=O)N(CC)C(=O)OCOC(=O)CO)ccc2C)c1C. The molecule has 1 aromatic heterocycles. The Hall–Kier alpha value is -4.19. The quantitative estimate of drug-likeness (QED) is 0.154. The highest BCUT2D eigenvalue weighted by molar-refractivity contribution is 6.09. The van der Waals surface area contributed by atoms with E-state index in [2.05, 4.69) is 20.4 Å². The minimum atomic E-state index is -1.02. The van der Waals surface area contributed by atoms with Gasteiger partial charge in [0.05, 0.1) is 11.3 Å². The Morgan fingerprint density at radius 1 is 1.14 bits per heavy atom. The molecule has 0 bridgehead atoms. The molecule has 0 saturated heterocycles. The Morgan fingerprint density at radius 2 is 1.86 bits per heavy atom. The van der Waals surface area contributed by atoms with Gasteiger partial charge in [-0.3, -0.25) is 15.0 Å². The number of ether oxygens (including phenoxy) is 2.